The largest absolute Gasteiger partial charge is 0.363 e. The Balaban J connectivity index is 1.85. The Morgan fingerprint density at radius 2 is 1.52 bits per heavy atom. The molecule has 3 unspecified atom stereocenters. The summed E-state index contributed by atoms with van der Waals surface area (Å²) in [6.45, 7) is 8.97. The molecule has 5 amide bonds. The lowest BCUT2D eigenvalue weighted by atomic mass is 9.94. The number of aromatic nitrogens is 1. The molecule has 2 rings (SSSR count). The van der Waals surface area contributed by atoms with Crippen molar-refractivity contribution in [1.29, 1.82) is 0 Å². The van der Waals surface area contributed by atoms with Gasteiger partial charge in [-0.3, -0.25) is 28.8 Å². The molecule has 1 aliphatic heterocycles. The lowest BCUT2D eigenvalue weighted by molar-refractivity contribution is -0.132. The van der Waals surface area contributed by atoms with E-state index in [4.69, 9.17) is 15.0 Å². The second-order valence-electron chi connectivity index (χ2n) is 10.9. The molecule has 0 bridgehead atoms. The van der Waals surface area contributed by atoms with Crippen molar-refractivity contribution in [2.24, 2.45) is 17.6 Å². The van der Waals surface area contributed by atoms with Crippen molar-refractivity contribution in [3.63, 3.8) is 0 Å². The summed E-state index contributed by atoms with van der Waals surface area (Å²) in [7, 11) is 0. The van der Waals surface area contributed by atoms with Crippen LogP contribution in [0.2, 0.25) is 0 Å². The summed E-state index contributed by atoms with van der Waals surface area (Å²) in [5, 5.41) is 13.7. The topological polar surface area (TPSA) is 215 Å². The van der Waals surface area contributed by atoms with Crippen molar-refractivity contribution < 1.29 is 38.0 Å². The highest BCUT2D eigenvalue weighted by atomic mass is 16.6. The summed E-state index contributed by atoms with van der Waals surface area (Å²) in [5.41, 5.74) is 4.35. The fraction of sp³-hybridized carbons (Fsp3) is 0.654. The molecule has 0 aromatic carbocycles. The smallest absolute Gasteiger partial charge is 0.287 e. The van der Waals surface area contributed by atoms with Gasteiger partial charge < -0.3 is 36.3 Å². The van der Waals surface area contributed by atoms with Crippen molar-refractivity contribution >= 4 is 35.3 Å². The van der Waals surface area contributed by atoms with Gasteiger partial charge in [0.25, 0.3) is 5.91 Å². The van der Waals surface area contributed by atoms with Crippen LogP contribution in [0, 0.1) is 11.8 Å². The predicted octanol–water partition coefficient (Wildman–Crippen LogP) is -0.642. The van der Waals surface area contributed by atoms with Crippen LogP contribution in [0.5, 0.6) is 0 Å². The monoisotopic (exact) mass is 564 g/mol. The van der Waals surface area contributed by atoms with Gasteiger partial charge in [0.05, 0.1) is 37.9 Å². The lowest BCUT2D eigenvalue weighted by Gasteiger charge is -2.22. The molecule has 6 N–H and O–H groups in total. The van der Waals surface area contributed by atoms with E-state index in [9.17, 15) is 28.8 Å². The summed E-state index contributed by atoms with van der Waals surface area (Å²) in [6.07, 6.45) is 1.22. The molecule has 40 heavy (non-hydrogen) atoms. The van der Waals surface area contributed by atoms with Gasteiger partial charge in [0, 0.05) is 6.07 Å². The number of nitrogens with zero attached hydrogens (tertiary/aromatic N) is 1. The minimum absolute atomic E-state index is 0.0309. The molecule has 0 spiro atoms. The SMILES string of the molecule is CC(C)CCC(NC(=O)CNC(=O)C(CC(C)C)NC(=O)CNC(=O)Cc1cc(C(N)=O)on1)C(=O)C1(C)CO1. The number of nitrogens with one attached hydrogen (secondary N) is 4. The number of ketones is 1. The minimum atomic E-state index is -0.956. The minimum Gasteiger partial charge on any atom is -0.363 e. The van der Waals surface area contributed by atoms with E-state index in [0.29, 0.717) is 18.9 Å². The zero-order valence-electron chi connectivity index (χ0n) is 23.6. The Labute approximate surface area is 232 Å². The Morgan fingerprint density at radius 3 is 2.05 bits per heavy atom. The zero-order chi connectivity index (χ0) is 30.0. The number of hydrogen-bond acceptors (Lipinski definition) is 9. The fourth-order valence-corrected chi connectivity index (χ4v) is 3.79. The van der Waals surface area contributed by atoms with Crippen LogP contribution in [-0.4, -0.2) is 77.9 Å². The first-order valence-electron chi connectivity index (χ1n) is 13.3. The molecule has 1 aromatic heterocycles. The van der Waals surface area contributed by atoms with E-state index >= 15 is 0 Å². The number of hydrogen-bond donors (Lipinski definition) is 5. The van der Waals surface area contributed by atoms with Crippen LogP contribution >= 0.6 is 0 Å². The van der Waals surface area contributed by atoms with Crippen LogP contribution in [-0.2, 0) is 35.1 Å². The van der Waals surface area contributed by atoms with E-state index in [-0.39, 0.29) is 42.5 Å². The van der Waals surface area contributed by atoms with E-state index in [1.165, 1.54) is 6.07 Å². The molecule has 1 aliphatic rings. The number of primary amides is 1. The highest BCUT2D eigenvalue weighted by Gasteiger charge is 2.49. The van der Waals surface area contributed by atoms with Gasteiger partial charge in [-0.05, 0) is 38.0 Å². The third-order valence-electron chi connectivity index (χ3n) is 6.15. The molecular formula is C26H40N6O8. The standard InChI is InChI=1S/C26H40N6O8/c1-14(2)6-7-17(23(36)26(5)13-39-26)30-22(35)12-29-25(38)18(8-15(3)4)31-21(34)11-28-20(33)10-16-9-19(24(27)37)40-32-16/h9,14-15,17-18H,6-8,10-13H2,1-5H3,(H2,27,37)(H,28,33)(H,29,38)(H,30,35)(H,31,34). The highest BCUT2D eigenvalue weighted by Crippen LogP contribution is 2.29. The van der Waals surface area contributed by atoms with Crippen LogP contribution < -0.4 is 27.0 Å². The van der Waals surface area contributed by atoms with Crippen LogP contribution in [0.15, 0.2) is 10.6 Å². The lowest BCUT2D eigenvalue weighted by Crippen LogP contribution is -2.53. The summed E-state index contributed by atoms with van der Waals surface area (Å²) in [6, 6.07) is -0.458. The third kappa shape index (κ3) is 10.8. The average Bonchev–Trinajstić information content (AvgIpc) is 3.45. The third-order valence-corrected chi connectivity index (χ3v) is 6.15. The number of amides is 5. The summed E-state index contributed by atoms with van der Waals surface area (Å²) < 4.78 is 9.94. The number of carbonyl (C=O) groups is 6. The summed E-state index contributed by atoms with van der Waals surface area (Å²) in [4.78, 5) is 73.8. The van der Waals surface area contributed by atoms with Crippen molar-refractivity contribution in [1.82, 2.24) is 26.4 Å². The van der Waals surface area contributed by atoms with Gasteiger partial charge in [-0.15, -0.1) is 0 Å². The molecule has 2 heterocycles. The first-order valence-corrected chi connectivity index (χ1v) is 13.3. The highest BCUT2D eigenvalue weighted by molar-refractivity contribution is 5.97. The number of carbonyl (C=O) groups excluding carboxylic acids is 6. The van der Waals surface area contributed by atoms with Crippen molar-refractivity contribution in [3.8, 4) is 0 Å². The Bertz CT molecular complexity index is 1090. The first-order chi connectivity index (χ1) is 18.7. The number of nitrogens with two attached hydrogens (primary N) is 1. The van der Waals surface area contributed by atoms with Crippen molar-refractivity contribution in [3.05, 3.63) is 17.5 Å². The second kappa shape index (κ2) is 14.5. The maximum atomic E-state index is 12.8. The number of Topliss-reactive ketones (excluding diaryl/α,β-unsaturated/α-hetero) is 1. The van der Waals surface area contributed by atoms with Gasteiger partial charge in [0.1, 0.15) is 11.6 Å². The Kier molecular flexibility index (Phi) is 11.8. The summed E-state index contributed by atoms with van der Waals surface area (Å²) in [5.74, 6) is -3.14. The second-order valence-corrected chi connectivity index (χ2v) is 10.9. The van der Waals surface area contributed by atoms with E-state index in [1.807, 2.05) is 27.7 Å². The van der Waals surface area contributed by atoms with Gasteiger partial charge in [-0.25, -0.2) is 0 Å². The number of rotatable bonds is 17. The van der Waals surface area contributed by atoms with E-state index < -0.39 is 53.8 Å². The summed E-state index contributed by atoms with van der Waals surface area (Å²) >= 11 is 0. The molecule has 222 valence electrons. The van der Waals surface area contributed by atoms with Crippen LogP contribution in [0.3, 0.4) is 0 Å². The van der Waals surface area contributed by atoms with E-state index in [2.05, 4.69) is 26.4 Å². The molecule has 0 aliphatic carbocycles. The Hall–Kier alpha value is -3.81. The van der Waals surface area contributed by atoms with Gasteiger partial charge >= 0.3 is 0 Å². The quantitative estimate of drug-likeness (QED) is 0.152. The van der Waals surface area contributed by atoms with Gasteiger partial charge in [-0.1, -0.05) is 32.9 Å². The zero-order valence-corrected chi connectivity index (χ0v) is 23.6. The van der Waals surface area contributed by atoms with Crippen LogP contribution in [0.25, 0.3) is 0 Å². The van der Waals surface area contributed by atoms with Crippen LogP contribution in [0.4, 0.5) is 0 Å². The molecule has 1 aromatic rings. The molecular weight excluding hydrogens is 524 g/mol. The van der Waals surface area contributed by atoms with Gasteiger partial charge in [-0.2, -0.15) is 0 Å². The molecule has 14 heteroatoms. The van der Waals surface area contributed by atoms with Crippen LogP contribution in [0.1, 0.15) is 70.1 Å². The molecule has 0 saturated carbocycles. The molecule has 3 atom stereocenters. The molecule has 1 saturated heterocycles. The maximum absolute atomic E-state index is 12.8. The Morgan fingerprint density at radius 1 is 0.925 bits per heavy atom. The van der Waals surface area contributed by atoms with Gasteiger partial charge in [0.15, 0.2) is 5.78 Å². The first kappa shape index (κ1) is 32.4. The number of ether oxygens (including phenoxy) is 1. The number of epoxide rings is 1. The van der Waals surface area contributed by atoms with Gasteiger partial charge in [0.2, 0.25) is 29.4 Å². The normalized spacial score (nSPS) is 17.6. The van der Waals surface area contributed by atoms with Crippen molar-refractivity contribution in [2.45, 2.75) is 78.0 Å². The van der Waals surface area contributed by atoms with Crippen molar-refractivity contribution in [2.75, 3.05) is 19.7 Å². The van der Waals surface area contributed by atoms with E-state index in [1.54, 1.807) is 6.92 Å². The average molecular weight is 565 g/mol. The molecule has 1 fully saturated rings. The predicted molar refractivity (Wildman–Crippen MR) is 141 cm³/mol. The maximum Gasteiger partial charge on any atom is 0.287 e. The molecule has 0 radical (unpaired) electrons. The fourth-order valence-electron chi connectivity index (χ4n) is 3.79. The molecule has 14 nitrogen and oxygen atoms in total. The van der Waals surface area contributed by atoms with E-state index in [0.717, 1.165) is 6.42 Å².